The van der Waals surface area contributed by atoms with E-state index in [0.717, 1.165) is 22.9 Å². The van der Waals surface area contributed by atoms with Crippen molar-refractivity contribution >= 4 is 0 Å². The van der Waals surface area contributed by atoms with Crippen LogP contribution in [0.3, 0.4) is 0 Å². The molecule has 1 unspecified atom stereocenters. The number of aromatic amines is 1. The van der Waals surface area contributed by atoms with Gasteiger partial charge in [-0.3, -0.25) is 0 Å². The molecule has 5 heteroatoms. The van der Waals surface area contributed by atoms with Gasteiger partial charge in [-0.1, -0.05) is 18.2 Å². The third-order valence-electron chi connectivity index (χ3n) is 3.69. The summed E-state index contributed by atoms with van der Waals surface area (Å²) in [4.78, 5) is 2.97. The first-order valence-electron chi connectivity index (χ1n) is 6.23. The Morgan fingerprint density at radius 1 is 1.05 bits per heavy atom. The van der Waals surface area contributed by atoms with Crippen LogP contribution in [0.5, 0.6) is 0 Å². The molecule has 20 heavy (non-hydrogen) atoms. The maximum Gasteiger partial charge on any atom is 0.416 e. The molecule has 2 rings (SSSR count). The molecule has 1 aromatic carbocycles. The van der Waals surface area contributed by atoms with Gasteiger partial charge in [0, 0.05) is 5.69 Å². The number of aryl methyl sites for hydroxylation is 1. The normalized spacial score (nSPS) is 13.6. The second-order valence-electron chi connectivity index (χ2n) is 4.90. The molecule has 2 nitrogen and oxygen atoms in total. The predicted molar refractivity (Wildman–Crippen MR) is 70.5 cm³/mol. The number of aliphatic hydroxyl groups excluding tert-OH is 1. The summed E-state index contributed by atoms with van der Waals surface area (Å²) < 4.78 is 39.0. The molecule has 1 heterocycles. The SMILES string of the molecule is Cc1[nH]c(C(O)c2ccccc2C(F)(F)F)c(C)c1C. The molecule has 0 saturated heterocycles. The van der Waals surface area contributed by atoms with Gasteiger partial charge in [0.05, 0.1) is 11.3 Å². The fourth-order valence-electron chi connectivity index (χ4n) is 2.30. The third kappa shape index (κ3) is 2.45. The summed E-state index contributed by atoms with van der Waals surface area (Å²) >= 11 is 0. The van der Waals surface area contributed by atoms with E-state index in [2.05, 4.69) is 4.98 Å². The maximum atomic E-state index is 13.0. The van der Waals surface area contributed by atoms with E-state index in [-0.39, 0.29) is 5.56 Å². The first-order valence-corrected chi connectivity index (χ1v) is 6.23. The average molecular weight is 283 g/mol. The summed E-state index contributed by atoms with van der Waals surface area (Å²) in [6, 6.07) is 5.10. The van der Waals surface area contributed by atoms with Crippen LogP contribution in [0.4, 0.5) is 13.2 Å². The number of aromatic nitrogens is 1. The van der Waals surface area contributed by atoms with Gasteiger partial charge in [0.1, 0.15) is 6.10 Å². The molecule has 0 amide bonds. The number of hydrogen-bond acceptors (Lipinski definition) is 1. The highest BCUT2D eigenvalue weighted by Gasteiger charge is 2.35. The largest absolute Gasteiger partial charge is 0.416 e. The van der Waals surface area contributed by atoms with E-state index in [9.17, 15) is 18.3 Å². The van der Waals surface area contributed by atoms with E-state index in [4.69, 9.17) is 0 Å². The van der Waals surface area contributed by atoms with Crippen LogP contribution in [-0.4, -0.2) is 10.1 Å². The number of nitrogens with one attached hydrogen (secondary N) is 1. The van der Waals surface area contributed by atoms with E-state index in [1.807, 2.05) is 13.8 Å². The number of benzene rings is 1. The third-order valence-corrected chi connectivity index (χ3v) is 3.69. The van der Waals surface area contributed by atoms with Crippen LogP contribution in [0.15, 0.2) is 24.3 Å². The van der Waals surface area contributed by atoms with Gasteiger partial charge in [0.2, 0.25) is 0 Å². The van der Waals surface area contributed by atoms with Crippen LogP contribution in [0.2, 0.25) is 0 Å². The Morgan fingerprint density at radius 2 is 1.65 bits per heavy atom. The smallest absolute Gasteiger partial charge is 0.382 e. The minimum absolute atomic E-state index is 0.135. The molecule has 0 bridgehead atoms. The molecule has 0 aliphatic rings. The Morgan fingerprint density at radius 3 is 2.15 bits per heavy atom. The van der Waals surface area contributed by atoms with Crippen LogP contribution in [0.25, 0.3) is 0 Å². The van der Waals surface area contributed by atoms with E-state index in [1.54, 1.807) is 6.92 Å². The standard InChI is InChI=1S/C15H16F3NO/c1-8-9(2)13(19-10(8)3)14(20)11-6-4-5-7-12(11)15(16,17)18/h4-7,14,19-20H,1-3H3. The van der Waals surface area contributed by atoms with Gasteiger partial charge in [-0.15, -0.1) is 0 Å². The number of hydrogen-bond donors (Lipinski definition) is 2. The first kappa shape index (κ1) is 14.7. The van der Waals surface area contributed by atoms with Crippen LogP contribution < -0.4 is 0 Å². The fraction of sp³-hybridized carbons (Fsp3) is 0.333. The van der Waals surface area contributed by atoms with Crippen LogP contribution in [-0.2, 0) is 6.18 Å². The highest BCUT2D eigenvalue weighted by molar-refractivity contribution is 5.42. The number of aliphatic hydroxyl groups is 1. The Kier molecular flexibility index (Phi) is 3.65. The lowest BCUT2D eigenvalue weighted by Gasteiger charge is -2.17. The zero-order valence-electron chi connectivity index (χ0n) is 11.5. The summed E-state index contributed by atoms with van der Waals surface area (Å²) in [5.74, 6) is 0. The second-order valence-corrected chi connectivity index (χ2v) is 4.90. The zero-order chi connectivity index (χ0) is 15.1. The molecule has 1 atom stereocenters. The van der Waals surface area contributed by atoms with Crippen molar-refractivity contribution in [3.63, 3.8) is 0 Å². The molecule has 1 aromatic heterocycles. The number of halogens is 3. The lowest BCUT2D eigenvalue weighted by Crippen LogP contribution is -2.13. The van der Waals surface area contributed by atoms with Gasteiger partial charge in [-0.05, 0) is 43.5 Å². The Labute approximate surface area is 115 Å². The highest BCUT2D eigenvalue weighted by atomic mass is 19.4. The van der Waals surface area contributed by atoms with Gasteiger partial charge in [-0.25, -0.2) is 0 Å². The van der Waals surface area contributed by atoms with Crippen molar-refractivity contribution in [1.82, 2.24) is 4.98 Å². The van der Waals surface area contributed by atoms with Gasteiger partial charge in [-0.2, -0.15) is 13.2 Å². The van der Waals surface area contributed by atoms with Gasteiger partial charge in [0.15, 0.2) is 0 Å². The minimum atomic E-state index is -4.48. The summed E-state index contributed by atoms with van der Waals surface area (Å²) in [6.07, 6.45) is -5.80. The molecular formula is C15H16F3NO. The number of alkyl halides is 3. The van der Waals surface area contributed by atoms with Crippen LogP contribution in [0.1, 0.15) is 39.7 Å². The summed E-state index contributed by atoms with van der Waals surface area (Å²) in [5, 5.41) is 10.3. The molecule has 0 aliphatic heterocycles. The van der Waals surface area contributed by atoms with Crippen molar-refractivity contribution in [2.45, 2.75) is 33.1 Å². The van der Waals surface area contributed by atoms with Crippen molar-refractivity contribution in [1.29, 1.82) is 0 Å². The van der Waals surface area contributed by atoms with Crippen molar-refractivity contribution in [3.05, 3.63) is 57.9 Å². The maximum absolute atomic E-state index is 13.0. The fourth-order valence-corrected chi connectivity index (χ4v) is 2.30. The first-order chi connectivity index (χ1) is 9.23. The Bertz CT molecular complexity index is 629. The van der Waals surface area contributed by atoms with Gasteiger partial charge >= 0.3 is 6.18 Å². The molecule has 0 fully saturated rings. The predicted octanol–water partition coefficient (Wildman–Crippen LogP) is 4.04. The van der Waals surface area contributed by atoms with Crippen molar-refractivity contribution in [2.24, 2.45) is 0 Å². The molecule has 108 valence electrons. The number of H-pyrrole nitrogens is 1. The highest BCUT2D eigenvalue weighted by Crippen LogP contribution is 2.37. The Hall–Kier alpha value is -1.75. The Balaban J connectivity index is 2.54. The van der Waals surface area contributed by atoms with E-state index < -0.39 is 17.8 Å². The zero-order valence-corrected chi connectivity index (χ0v) is 11.5. The summed E-state index contributed by atoms with van der Waals surface area (Å²) in [5.41, 5.74) is 2.05. The molecule has 2 N–H and O–H groups in total. The minimum Gasteiger partial charge on any atom is -0.382 e. The molecule has 0 spiro atoms. The molecule has 0 saturated carbocycles. The van der Waals surface area contributed by atoms with Crippen LogP contribution >= 0.6 is 0 Å². The molecule has 0 aliphatic carbocycles. The lowest BCUT2D eigenvalue weighted by molar-refractivity contribution is -0.139. The van der Waals surface area contributed by atoms with Crippen molar-refractivity contribution in [3.8, 4) is 0 Å². The molecule has 2 aromatic rings. The lowest BCUT2D eigenvalue weighted by atomic mass is 9.97. The monoisotopic (exact) mass is 283 g/mol. The summed E-state index contributed by atoms with van der Waals surface area (Å²) in [7, 11) is 0. The van der Waals surface area contributed by atoms with Gasteiger partial charge in [0.25, 0.3) is 0 Å². The second kappa shape index (κ2) is 4.98. The van der Waals surface area contributed by atoms with Crippen LogP contribution in [0, 0.1) is 20.8 Å². The van der Waals surface area contributed by atoms with Crippen molar-refractivity contribution in [2.75, 3.05) is 0 Å². The summed E-state index contributed by atoms with van der Waals surface area (Å²) in [6.45, 7) is 5.48. The number of rotatable bonds is 2. The van der Waals surface area contributed by atoms with Gasteiger partial charge < -0.3 is 10.1 Å². The van der Waals surface area contributed by atoms with Crippen molar-refractivity contribution < 1.29 is 18.3 Å². The topological polar surface area (TPSA) is 36.0 Å². The quantitative estimate of drug-likeness (QED) is 0.857. The molecule has 0 radical (unpaired) electrons. The van der Waals surface area contributed by atoms with E-state index in [1.165, 1.54) is 18.2 Å². The molecular weight excluding hydrogens is 267 g/mol. The van der Waals surface area contributed by atoms with E-state index in [0.29, 0.717) is 5.69 Å². The average Bonchev–Trinajstić information content (AvgIpc) is 2.65. The van der Waals surface area contributed by atoms with E-state index >= 15 is 0 Å².